The molecule has 6 rings (SSSR count). The third-order valence-corrected chi connectivity index (χ3v) is 13.8. The summed E-state index contributed by atoms with van der Waals surface area (Å²) < 4.78 is 88.5. The summed E-state index contributed by atoms with van der Waals surface area (Å²) in [4.78, 5) is 70.0. The molecular formula is C30H42N7O17P3S3. The van der Waals surface area contributed by atoms with Crippen LogP contribution in [-0.2, 0) is 50.5 Å². The average molecular weight is 962 g/mol. The number of H-pyrrole nitrogens is 2. The van der Waals surface area contributed by atoms with E-state index >= 15 is 0 Å². The molecule has 0 aromatic carbocycles. The summed E-state index contributed by atoms with van der Waals surface area (Å²) in [5.41, 5.74) is 2.97. The van der Waals surface area contributed by atoms with Gasteiger partial charge in [-0.2, -0.15) is 4.98 Å². The van der Waals surface area contributed by atoms with Crippen molar-refractivity contribution in [2.75, 3.05) is 25.6 Å². The van der Waals surface area contributed by atoms with Crippen molar-refractivity contribution in [2.45, 2.75) is 95.3 Å². The minimum atomic E-state index is -4.43. The van der Waals surface area contributed by atoms with Gasteiger partial charge in [-0.25, -0.2) is 23.5 Å². The summed E-state index contributed by atoms with van der Waals surface area (Å²) in [5.74, 6) is 0.0235. The van der Waals surface area contributed by atoms with Gasteiger partial charge in [-0.15, -0.1) is 0 Å². The summed E-state index contributed by atoms with van der Waals surface area (Å²) in [6.45, 7) is -6.02. The molecule has 332 valence electrons. The zero-order valence-corrected chi connectivity index (χ0v) is 37.2. The van der Waals surface area contributed by atoms with E-state index in [4.69, 9.17) is 42.6 Å². The molecule has 30 heteroatoms. The number of nitrogens with zero attached hydrogens (tertiary/aromatic N) is 4. The Hall–Kier alpha value is -2.58. The van der Waals surface area contributed by atoms with E-state index in [0.29, 0.717) is 5.56 Å². The molecule has 12 atom stereocenters. The molecule has 3 saturated heterocycles. The Morgan fingerprint density at radius 1 is 0.767 bits per heavy atom. The van der Waals surface area contributed by atoms with Gasteiger partial charge in [0, 0.05) is 54.5 Å². The van der Waals surface area contributed by atoms with Crippen molar-refractivity contribution in [2.24, 2.45) is 0 Å². The molecule has 0 aliphatic carbocycles. The van der Waals surface area contributed by atoms with Crippen LogP contribution in [0.2, 0.25) is 0 Å². The van der Waals surface area contributed by atoms with Gasteiger partial charge in [0.15, 0.2) is 0 Å². The van der Waals surface area contributed by atoms with E-state index in [2.05, 4.69) is 51.7 Å². The van der Waals surface area contributed by atoms with Crippen LogP contribution >= 0.6 is 57.6 Å². The van der Waals surface area contributed by atoms with Crippen LogP contribution in [0, 0.1) is 20.8 Å². The number of aromatic amines is 2. The van der Waals surface area contributed by atoms with Crippen LogP contribution in [0.5, 0.6) is 0 Å². The van der Waals surface area contributed by atoms with E-state index in [0.717, 1.165) is 13.7 Å². The topological polar surface area (TPSA) is 316 Å². The van der Waals surface area contributed by atoms with Gasteiger partial charge in [0.25, 0.3) is 11.1 Å². The van der Waals surface area contributed by atoms with Gasteiger partial charge in [-0.05, 0) is 20.8 Å². The van der Waals surface area contributed by atoms with Crippen LogP contribution in [0.3, 0.4) is 0 Å². The smallest absolute Gasteiger partial charge is 0.386 e. The number of aliphatic hydroxyl groups excluding tert-OH is 1. The summed E-state index contributed by atoms with van der Waals surface area (Å²) >= 11 is 12.1. The van der Waals surface area contributed by atoms with Crippen molar-refractivity contribution in [1.29, 1.82) is 0 Å². The minimum Gasteiger partial charge on any atom is -0.394 e. The number of aryl methyl sites for hydroxylation is 3. The number of hydrogen-bond donors (Lipinski definition) is 7. The molecule has 0 radical (unpaired) electrons. The van der Waals surface area contributed by atoms with Crippen molar-refractivity contribution in [3.05, 3.63) is 87.4 Å². The summed E-state index contributed by atoms with van der Waals surface area (Å²) in [7, 11) is -2.86. The molecule has 3 aromatic rings. The van der Waals surface area contributed by atoms with E-state index < -0.39 is 124 Å². The third kappa shape index (κ3) is 11.1. The van der Waals surface area contributed by atoms with Gasteiger partial charge in [0.1, 0.15) is 55.0 Å². The van der Waals surface area contributed by atoms with Crippen LogP contribution in [0.4, 0.5) is 5.82 Å². The molecule has 0 saturated carbocycles. The van der Waals surface area contributed by atoms with Crippen LogP contribution in [-0.4, -0.2) is 90.2 Å². The first-order chi connectivity index (χ1) is 28.1. The Morgan fingerprint density at radius 3 is 1.67 bits per heavy atom. The monoisotopic (exact) mass is 961 g/mol. The van der Waals surface area contributed by atoms with Crippen molar-refractivity contribution in [1.82, 2.24) is 28.7 Å². The summed E-state index contributed by atoms with van der Waals surface area (Å²) in [6, 6.07) is 0. The van der Waals surface area contributed by atoms with Gasteiger partial charge >= 0.3 is 30.7 Å². The molecule has 0 spiro atoms. The molecule has 6 heterocycles. The quantitative estimate of drug-likeness (QED) is 0.0786. The third-order valence-electron chi connectivity index (χ3n) is 9.71. The predicted molar refractivity (Wildman–Crippen MR) is 220 cm³/mol. The number of rotatable bonds is 16. The molecule has 0 bridgehead atoms. The second-order valence-electron chi connectivity index (χ2n) is 14.0. The number of thiol groups is 3. The first kappa shape index (κ1) is 46.9. The predicted octanol–water partition coefficient (Wildman–Crippen LogP) is 1.29. The van der Waals surface area contributed by atoms with Crippen molar-refractivity contribution in [3.63, 3.8) is 0 Å². The lowest BCUT2D eigenvalue weighted by Crippen LogP contribution is -2.33. The number of aromatic nitrogens is 6. The number of anilines is 1. The van der Waals surface area contributed by atoms with E-state index in [1.54, 1.807) is 6.92 Å². The average Bonchev–Trinajstić information content (AvgIpc) is 3.87. The van der Waals surface area contributed by atoms with Gasteiger partial charge in [-0.1, -0.05) is 36.7 Å². The summed E-state index contributed by atoms with van der Waals surface area (Å²) in [6.07, 6.45) is -6.44. The van der Waals surface area contributed by atoms with Crippen LogP contribution in [0.15, 0.2) is 42.6 Å². The highest BCUT2D eigenvalue weighted by atomic mass is 32.7. The summed E-state index contributed by atoms with van der Waals surface area (Å²) in [5, 5.41) is 10.00. The lowest BCUT2D eigenvalue weighted by molar-refractivity contribution is -0.0518. The fourth-order valence-corrected chi connectivity index (χ4v) is 10.6. The second-order valence-corrected chi connectivity index (χ2v) is 21.6. The molecule has 24 nitrogen and oxygen atoms in total. The second kappa shape index (κ2) is 19.0. The Kier molecular flexibility index (Phi) is 14.9. The van der Waals surface area contributed by atoms with Gasteiger partial charge < -0.3 is 29.6 Å². The Balaban J connectivity index is 1.16. The molecule has 3 aromatic heterocycles. The van der Waals surface area contributed by atoms with Crippen LogP contribution in [0.1, 0.15) is 54.6 Å². The maximum atomic E-state index is 13.8. The van der Waals surface area contributed by atoms with Gasteiger partial charge in [0.2, 0.25) is 7.23 Å². The highest BCUT2D eigenvalue weighted by Crippen LogP contribution is 2.59. The van der Waals surface area contributed by atoms with Crippen molar-refractivity contribution >= 4 is 63.4 Å². The SMILES string of the molecule is Cc1cn(C2CC(OP(=O)(S)OCC3OC(n4cc(C)c(=O)[nH]c4=O)C[C@@H]3O[P@@](=O)(S)OCC3OC(n4cc(C)c(=O)[nH]c4=O)C[C@@H]3O[PH](=O)S)[C@@H](CO)O2)c(=O)nc1N. The van der Waals surface area contributed by atoms with Crippen LogP contribution < -0.4 is 33.9 Å². The fraction of sp³-hybridized carbons (Fsp3) is 0.600. The highest BCUT2D eigenvalue weighted by Gasteiger charge is 2.46. The number of nitrogens with two attached hydrogens (primary N) is 1. The number of nitrogens with one attached hydrogen (secondary N) is 2. The number of hydrogen-bond acceptors (Lipinski definition) is 19. The maximum absolute atomic E-state index is 13.8. The number of nitrogen functional groups attached to an aromatic ring is 1. The van der Waals surface area contributed by atoms with E-state index in [9.17, 15) is 42.8 Å². The Labute approximate surface area is 354 Å². The number of aliphatic hydroxyl groups is 1. The molecule has 60 heavy (non-hydrogen) atoms. The normalized spacial score (nSPS) is 29.4. The van der Waals surface area contributed by atoms with Crippen LogP contribution in [0.25, 0.3) is 0 Å². The minimum absolute atomic E-state index is 0.0235. The van der Waals surface area contributed by atoms with E-state index in [1.165, 1.54) is 32.4 Å². The lowest BCUT2D eigenvalue weighted by Gasteiger charge is -2.25. The van der Waals surface area contributed by atoms with Crippen molar-refractivity contribution < 1.29 is 55.6 Å². The zero-order chi connectivity index (χ0) is 43.8. The standard InChI is InChI=1S/C30H42N7O17P3S3/c1-13-7-35(28(41)32-25(13)31)23-5-17(19(10-38)49-23)53-56(45,59)48-12-21-18(6-24(51-21)37-9-15(3)27(40)34-30(37)43)54-57(46,60)47-11-20-16(52-55(44)58)4-22(50-20)36-8-14(2)26(39)33-29(36)42/h7-9,16-24,38,55H,4-6,10-12H2,1-3H3,(H,44,58)(H,45,59)(H,46,60)(H2,31,32,41)(H,33,39,42)(H,34,40,43)/t16-,17?,18-,19+,20?,21?,22?,23?,24?,56?,57-/m0/s1. The van der Waals surface area contributed by atoms with E-state index in [-0.39, 0.29) is 36.2 Å². The maximum Gasteiger partial charge on any atom is 0.386 e. The molecule has 5 N–H and O–H groups in total. The highest BCUT2D eigenvalue weighted by molar-refractivity contribution is 8.44. The molecule has 3 aliphatic rings. The molecule has 3 fully saturated rings. The lowest BCUT2D eigenvalue weighted by atomic mass is 10.2. The zero-order valence-electron chi connectivity index (χ0n) is 31.8. The largest absolute Gasteiger partial charge is 0.394 e. The van der Waals surface area contributed by atoms with E-state index in [1.807, 2.05) is 0 Å². The molecule has 3 aliphatic heterocycles. The molecule has 8 unspecified atom stereocenters. The molecular weight excluding hydrogens is 919 g/mol. The first-order valence-corrected chi connectivity index (χ1v) is 25.9. The molecule has 0 amide bonds. The Bertz CT molecular complexity index is 2520. The Morgan fingerprint density at radius 2 is 1.18 bits per heavy atom. The first-order valence-electron chi connectivity index (χ1n) is 17.9. The van der Waals surface area contributed by atoms with Crippen molar-refractivity contribution in [3.8, 4) is 0 Å². The van der Waals surface area contributed by atoms with Gasteiger partial charge in [0.05, 0.1) is 25.9 Å². The fourth-order valence-electron chi connectivity index (χ4n) is 6.68. The van der Waals surface area contributed by atoms with Gasteiger partial charge in [-0.3, -0.25) is 55.9 Å². The number of ether oxygens (including phenoxy) is 3.